The normalized spacial score (nSPS) is 12.4. The molecule has 0 fully saturated rings. The summed E-state index contributed by atoms with van der Waals surface area (Å²) in [4.78, 5) is 16.3. The first kappa shape index (κ1) is 24.4. The first-order chi connectivity index (χ1) is 15.9. The number of ether oxygens (including phenoxy) is 2. The summed E-state index contributed by atoms with van der Waals surface area (Å²) in [7, 11) is 0. The monoisotopic (exact) mass is 485 g/mol. The van der Waals surface area contributed by atoms with E-state index in [-0.39, 0.29) is 13.3 Å². The van der Waals surface area contributed by atoms with E-state index in [0.29, 0.717) is 22.2 Å². The number of hydrogen-bond donors (Lipinski definition) is 1. The van der Waals surface area contributed by atoms with Gasteiger partial charge in [-0.15, -0.1) is 11.3 Å². The van der Waals surface area contributed by atoms with Gasteiger partial charge in [0.1, 0.15) is 16.5 Å². The summed E-state index contributed by atoms with van der Waals surface area (Å²) in [6.45, 7) is 5.86. The molecule has 0 saturated heterocycles. The molecule has 0 radical (unpaired) electrons. The molecule has 2 atom stereocenters. The van der Waals surface area contributed by atoms with Gasteiger partial charge in [-0.25, -0.2) is 4.98 Å². The number of carbonyl (C=O) groups is 1. The lowest BCUT2D eigenvalue weighted by molar-refractivity contribution is -0.143. The largest absolute Gasteiger partial charge is 0.477 e. The van der Waals surface area contributed by atoms with E-state index in [1.807, 2.05) is 38.1 Å². The second-order valence-electron chi connectivity index (χ2n) is 6.93. The predicted molar refractivity (Wildman–Crippen MR) is 126 cm³/mol. The van der Waals surface area contributed by atoms with Crippen molar-refractivity contribution in [1.29, 1.82) is 5.26 Å². The maximum atomic E-state index is 12.1. The van der Waals surface area contributed by atoms with Gasteiger partial charge in [-0.3, -0.25) is 4.79 Å². The molecule has 0 aliphatic rings. The van der Waals surface area contributed by atoms with Crippen LogP contribution in [0.25, 0.3) is 11.3 Å². The SMILES string of the molecule is CCOC(=O)C(C#N)c1nc(-c2ccc(OS(=O)NCOc3ccc(C)cc3C)cc2)cs1. The number of aryl methyl sites for hydroxylation is 2. The number of thiazole rings is 1. The molecular weight excluding hydrogens is 462 g/mol. The standard InChI is InChI=1S/C23H23N3O5S2/c1-4-29-23(27)19(12-24)22-26-20(13-32-22)17-6-8-18(9-7-17)31-33(28)25-14-30-21-10-5-15(2)11-16(21)3/h5-11,13,19,25H,4,14H2,1-3H3. The number of nitrogens with one attached hydrogen (secondary N) is 1. The van der Waals surface area contributed by atoms with Crippen molar-refractivity contribution in [2.75, 3.05) is 13.3 Å². The molecule has 0 aliphatic heterocycles. The Labute approximate surface area is 198 Å². The van der Waals surface area contributed by atoms with E-state index < -0.39 is 23.2 Å². The molecule has 3 rings (SSSR count). The minimum atomic E-state index is -1.79. The molecule has 33 heavy (non-hydrogen) atoms. The van der Waals surface area contributed by atoms with Gasteiger partial charge in [0.15, 0.2) is 12.6 Å². The number of aromatic nitrogens is 1. The van der Waals surface area contributed by atoms with Crippen molar-refractivity contribution in [3.8, 4) is 28.8 Å². The van der Waals surface area contributed by atoms with Crippen LogP contribution in [0, 0.1) is 25.2 Å². The lowest BCUT2D eigenvalue weighted by Crippen LogP contribution is -2.26. The van der Waals surface area contributed by atoms with Gasteiger partial charge in [-0.2, -0.15) is 14.2 Å². The molecule has 0 aliphatic carbocycles. The average molecular weight is 486 g/mol. The van der Waals surface area contributed by atoms with Gasteiger partial charge in [0, 0.05) is 10.9 Å². The van der Waals surface area contributed by atoms with Crippen molar-refractivity contribution in [2.24, 2.45) is 0 Å². The Balaban J connectivity index is 1.55. The van der Waals surface area contributed by atoms with Gasteiger partial charge >= 0.3 is 5.97 Å². The summed E-state index contributed by atoms with van der Waals surface area (Å²) in [6.07, 6.45) is 0. The van der Waals surface area contributed by atoms with Gasteiger partial charge < -0.3 is 13.7 Å². The number of nitriles is 1. The van der Waals surface area contributed by atoms with Crippen LogP contribution in [0.5, 0.6) is 11.5 Å². The summed E-state index contributed by atoms with van der Waals surface area (Å²) < 4.78 is 30.7. The zero-order valence-electron chi connectivity index (χ0n) is 18.4. The highest BCUT2D eigenvalue weighted by atomic mass is 32.2. The second-order valence-corrected chi connectivity index (χ2v) is 8.74. The van der Waals surface area contributed by atoms with Crippen molar-refractivity contribution < 1.29 is 22.7 Å². The lowest BCUT2D eigenvalue weighted by Gasteiger charge is -2.10. The van der Waals surface area contributed by atoms with Crippen LogP contribution < -0.4 is 13.6 Å². The minimum Gasteiger partial charge on any atom is -0.477 e. The third-order valence-electron chi connectivity index (χ3n) is 4.48. The van der Waals surface area contributed by atoms with Crippen molar-refractivity contribution >= 4 is 28.6 Å². The molecule has 3 aromatic rings. The summed E-state index contributed by atoms with van der Waals surface area (Å²) in [5, 5.41) is 11.4. The predicted octanol–water partition coefficient (Wildman–Crippen LogP) is 4.18. The Morgan fingerprint density at radius 3 is 2.67 bits per heavy atom. The quantitative estimate of drug-likeness (QED) is 0.339. The summed E-state index contributed by atoms with van der Waals surface area (Å²) >= 11 is -0.577. The Morgan fingerprint density at radius 2 is 2.00 bits per heavy atom. The third-order valence-corrected chi connectivity index (χ3v) is 6.08. The van der Waals surface area contributed by atoms with E-state index in [4.69, 9.17) is 13.7 Å². The highest BCUT2D eigenvalue weighted by Gasteiger charge is 2.25. The fraction of sp³-hybridized carbons (Fsp3) is 0.261. The van der Waals surface area contributed by atoms with Crippen molar-refractivity contribution in [3.05, 3.63) is 64.0 Å². The molecule has 0 spiro atoms. The van der Waals surface area contributed by atoms with Crippen LogP contribution in [-0.2, 0) is 20.8 Å². The average Bonchev–Trinajstić information content (AvgIpc) is 3.26. The van der Waals surface area contributed by atoms with Crippen LogP contribution >= 0.6 is 11.3 Å². The number of rotatable bonds is 10. The number of esters is 1. The molecule has 8 nitrogen and oxygen atoms in total. The maximum absolute atomic E-state index is 12.1. The Morgan fingerprint density at radius 1 is 1.24 bits per heavy atom. The van der Waals surface area contributed by atoms with E-state index in [1.54, 1.807) is 36.6 Å². The molecule has 1 aromatic heterocycles. The van der Waals surface area contributed by atoms with Crippen LogP contribution in [0.1, 0.15) is 29.0 Å². The second kappa shape index (κ2) is 11.6. The lowest BCUT2D eigenvalue weighted by atomic mass is 10.1. The van der Waals surface area contributed by atoms with E-state index in [2.05, 4.69) is 9.71 Å². The van der Waals surface area contributed by atoms with E-state index in [9.17, 15) is 14.3 Å². The van der Waals surface area contributed by atoms with Gasteiger partial charge in [0.2, 0.25) is 0 Å². The smallest absolute Gasteiger partial charge is 0.330 e. The zero-order valence-corrected chi connectivity index (χ0v) is 20.0. The molecule has 172 valence electrons. The van der Waals surface area contributed by atoms with E-state index in [1.165, 1.54) is 11.3 Å². The summed E-state index contributed by atoms with van der Waals surface area (Å²) in [5.41, 5.74) is 3.52. The molecule has 1 N–H and O–H groups in total. The van der Waals surface area contributed by atoms with E-state index >= 15 is 0 Å². The van der Waals surface area contributed by atoms with Crippen molar-refractivity contribution in [1.82, 2.24) is 9.71 Å². The third kappa shape index (κ3) is 6.61. The number of benzene rings is 2. The van der Waals surface area contributed by atoms with Crippen molar-refractivity contribution in [3.63, 3.8) is 0 Å². The molecule has 10 heteroatoms. The first-order valence-electron chi connectivity index (χ1n) is 10.1. The molecule has 2 aromatic carbocycles. The van der Waals surface area contributed by atoms with Crippen LogP contribution in [0.4, 0.5) is 0 Å². The molecule has 0 bridgehead atoms. The zero-order chi connectivity index (χ0) is 23.8. The highest BCUT2D eigenvalue weighted by Crippen LogP contribution is 2.28. The van der Waals surface area contributed by atoms with Gasteiger partial charge in [-0.1, -0.05) is 17.7 Å². The van der Waals surface area contributed by atoms with E-state index in [0.717, 1.165) is 16.7 Å². The minimum absolute atomic E-state index is 0.0245. The van der Waals surface area contributed by atoms with Gasteiger partial charge in [0.05, 0.1) is 18.4 Å². The Bertz CT molecular complexity index is 1170. The molecular formula is C23H23N3O5S2. The number of hydrogen-bond acceptors (Lipinski definition) is 8. The topological polar surface area (TPSA) is 111 Å². The molecule has 0 amide bonds. The van der Waals surface area contributed by atoms with Crippen LogP contribution in [0.3, 0.4) is 0 Å². The Kier molecular flexibility index (Phi) is 8.54. The number of nitrogens with zero attached hydrogens (tertiary/aromatic N) is 2. The summed E-state index contributed by atoms with van der Waals surface area (Å²) in [5.74, 6) is -0.557. The Hall–Kier alpha value is -3.26. The van der Waals surface area contributed by atoms with Crippen LogP contribution in [0.2, 0.25) is 0 Å². The molecule has 2 unspecified atom stereocenters. The number of carbonyl (C=O) groups excluding carboxylic acids is 1. The highest BCUT2D eigenvalue weighted by molar-refractivity contribution is 7.78. The summed E-state index contributed by atoms with van der Waals surface area (Å²) in [6, 6.07) is 14.6. The van der Waals surface area contributed by atoms with Crippen LogP contribution in [-0.4, -0.2) is 28.5 Å². The molecule has 0 saturated carbocycles. The maximum Gasteiger partial charge on any atom is 0.330 e. The fourth-order valence-electron chi connectivity index (χ4n) is 2.90. The first-order valence-corrected chi connectivity index (χ1v) is 12.0. The molecule has 1 heterocycles. The van der Waals surface area contributed by atoms with Crippen LogP contribution in [0.15, 0.2) is 47.8 Å². The fourth-order valence-corrected chi connectivity index (χ4v) is 4.26. The van der Waals surface area contributed by atoms with Crippen molar-refractivity contribution in [2.45, 2.75) is 26.7 Å². The van der Waals surface area contributed by atoms with Gasteiger partial charge in [0.25, 0.3) is 11.3 Å². The van der Waals surface area contributed by atoms with Gasteiger partial charge in [-0.05, 0) is 56.7 Å².